The van der Waals surface area contributed by atoms with Crippen LogP contribution in [0, 0.1) is 5.92 Å². The molecule has 1 N–H and O–H groups in total. The van der Waals surface area contributed by atoms with Crippen molar-refractivity contribution in [2.75, 3.05) is 20.3 Å². The lowest BCUT2D eigenvalue weighted by Crippen LogP contribution is -2.40. The van der Waals surface area contributed by atoms with Gasteiger partial charge in [0, 0.05) is 13.2 Å². The topological polar surface area (TPSA) is 21.3 Å². The van der Waals surface area contributed by atoms with Crippen LogP contribution in [-0.2, 0) is 4.74 Å². The number of ether oxygens (including phenoxy) is 1. The second kappa shape index (κ2) is 4.73. The predicted molar refractivity (Wildman–Crippen MR) is 46.7 cm³/mol. The highest BCUT2D eigenvalue weighted by atomic mass is 16.5. The summed E-state index contributed by atoms with van der Waals surface area (Å²) in [6, 6.07) is 0.698. The first kappa shape index (κ1) is 9.01. The van der Waals surface area contributed by atoms with E-state index < -0.39 is 0 Å². The Morgan fingerprint density at radius 1 is 1.55 bits per heavy atom. The Hall–Kier alpha value is -0.0800. The zero-order valence-electron chi connectivity index (χ0n) is 7.60. The summed E-state index contributed by atoms with van der Waals surface area (Å²) < 4.78 is 5.12. The van der Waals surface area contributed by atoms with Crippen LogP contribution in [0.5, 0.6) is 0 Å². The molecule has 2 unspecified atom stereocenters. The van der Waals surface area contributed by atoms with Crippen molar-refractivity contribution in [3.05, 3.63) is 0 Å². The molecule has 66 valence electrons. The Balaban J connectivity index is 2.21. The van der Waals surface area contributed by atoms with Gasteiger partial charge >= 0.3 is 0 Å². The first-order valence-electron chi connectivity index (χ1n) is 4.57. The highest BCUT2D eigenvalue weighted by molar-refractivity contribution is 4.76. The van der Waals surface area contributed by atoms with Gasteiger partial charge < -0.3 is 10.1 Å². The second-order valence-corrected chi connectivity index (χ2v) is 3.49. The minimum absolute atomic E-state index is 0.667. The minimum atomic E-state index is 0.667. The largest absolute Gasteiger partial charge is 0.384 e. The first-order valence-corrected chi connectivity index (χ1v) is 4.57. The van der Waals surface area contributed by atoms with Crippen LogP contribution in [0.2, 0.25) is 0 Å². The normalized spacial score (nSPS) is 28.4. The third-order valence-electron chi connectivity index (χ3n) is 2.46. The van der Waals surface area contributed by atoms with Crippen LogP contribution in [0.15, 0.2) is 0 Å². The quantitative estimate of drug-likeness (QED) is 0.669. The lowest BCUT2D eigenvalue weighted by atomic mass is 9.94. The van der Waals surface area contributed by atoms with Crippen molar-refractivity contribution in [1.29, 1.82) is 0 Å². The molecule has 1 rings (SSSR count). The maximum atomic E-state index is 5.12. The summed E-state index contributed by atoms with van der Waals surface area (Å²) in [5, 5.41) is 3.52. The molecule has 0 bridgehead atoms. The fourth-order valence-corrected chi connectivity index (χ4v) is 1.74. The molecule has 0 spiro atoms. The minimum Gasteiger partial charge on any atom is -0.384 e. The molecule has 0 saturated carbocycles. The van der Waals surface area contributed by atoms with E-state index in [1.165, 1.54) is 25.8 Å². The number of methoxy groups -OCH3 is 1. The Bertz CT molecular complexity index is 99.7. The summed E-state index contributed by atoms with van der Waals surface area (Å²) in [6.07, 6.45) is 4.05. The van der Waals surface area contributed by atoms with Gasteiger partial charge in [0.2, 0.25) is 0 Å². The van der Waals surface area contributed by atoms with Crippen molar-refractivity contribution >= 4 is 0 Å². The number of hydrogen-bond donors (Lipinski definition) is 1. The summed E-state index contributed by atoms with van der Waals surface area (Å²) in [6.45, 7) is 4.34. The molecule has 0 radical (unpaired) electrons. The predicted octanol–water partition coefficient (Wildman–Crippen LogP) is 1.41. The molecule has 2 nitrogen and oxygen atoms in total. The van der Waals surface area contributed by atoms with Gasteiger partial charge in [-0.15, -0.1) is 0 Å². The van der Waals surface area contributed by atoms with Gasteiger partial charge in [0.1, 0.15) is 0 Å². The summed E-state index contributed by atoms with van der Waals surface area (Å²) >= 11 is 0. The lowest BCUT2D eigenvalue weighted by molar-refractivity contribution is 0.131. The summed E-state index contributed by atoms with van der Waals surface area (Å²) in [5.74, 6) is 0.667. The van der Waals surface area contributed by atoms with E-state index >= 15 is 0 Å². The summed E-state index contributed by atoms with van der Waals surface area (Å²) in [7, 11) is 1.78. The van der Waals surface area contributed by atoms with Crippen molar-refractivity contribution in [1.82, 2.24) is 5.32 Å². The molecule has 1 aliphatic heterocycles. The van der Waals surface area contributed by atoms with Crippen LogP contribution >= 0.6 is 0 Å². The van der Waals surface area contributed by atoms with Crippen LogP contribution < -0.4 is 5.32 Å². The molecule has 1 fully saturated rings. The van der Waals surface area contributed by atoms with Crippen LogP contribution in [0.4, 0.5) is 0 Å². The molecule has 1 saturated heterocycles. The van der Waals surface area contributed by atoms with Crippen molar-refractivity contribution in [2.45, 2.75) is 32.2 Å². The Morgan fingerprint density at radius 3 is 2.91 bits per heavy atom. The average Bonchev–Trinajstić information content (AvgIpc) is 2.07. The third-order valence-corrected chi connectivity index (χ3v) is 2.46. The van der Waals surface area contributed by atoms with Crippen molar-refractivity contribution < 1.29 is 4.74 Å². The molecular formula is C9H19NO. The molecule has 2 heteroatoms. The number of hydrogen-bond acceptors (Lipinski definition) is 2. The lowest BCUT2D eigenvalue weighted by Gasteiger charge is -2.28. The molecule has 11 heavy (non-hydrogen) atoms. The molecule has 1 heterocycles. The van der Waals surface area contributed by atoms with E-state index in [4.69, 9.17) is 4.74 Å². The smallest absolute Gasteiger partial charge is 0.0502 e. The summed E-state index contributed by atoms with van der Waals surface area (Å²) in [5.41, 5.74) is 0. The zero-order valence-corrected chi connectivity index (χ0v) is 7.60. The molecule has 0 aromatic carbocycles. The maximum Gasteiger partial charge on any atom is 0.0502 e. The van der Waals surface area contributed by atoms with E-state index in [1.54, 1.807) is 7.11 Å². The molecule has 2 atom stereocenters. The average molecular weight is 157 g/mol. The maximum absolute atomic E-state index is 5.12. The van der Waals surface area contributed by atoms with Crippen LogP contribution in [0.1, 0.15) is 26.2 Å². The van der Waals surface area contributed by atoms with Gasteiger partial charge in [-0.1, -0.05) is 13.3 Å². The van der Waals surface area contributed by atoms with Crippen molar-refractivity contribution in [3.8, 4) is 0 Å². The van der Waals surface area contributed by atoms with Gasteiger partial charge in [-0.25, -0.2) is 0 Å². The number of nitrogens with one attached hydrogen (secondary N) is 1. The molecule has 0 amide bonds. The Labute approximate surface area is 69.3 Å². The van der Waals surface area contributed by atoms with Gasteiger partial charge in [0.05, 0.1) is 6.61 Å². The van der Waals surface area contributed by atoms with E-state index in [2.05, 4.69) is 12.2 Å². The highest BCUT2D eigenvalue weighted by Gasteiger charge is 2.18. The number of piperidine rings is 1. The first-order chi connectivity index (χ1) is 5.34. The van der Waals surface area contributed by atoms with Crippen molar-refractivity contribution in [2.24, 2.45) is 5.92 Å². The molecular weight excluding hydrogens is 138 g/mol. The Kier molecular flexibility index (Phi) is 3.87. The highest BCUT2D eigenvalue weighted by Crippen LogP contribution is 2.14. The fourth-order valence-electron chi connectivity index (χ4n) is 1.74. The summed E-state index contributed by atoms with van der Waals surface area (Å²) in [4.78, 5) is 0. The van der Waals surface area contributed by atoms with E-state index in [9.17, 15) is 0 Å². The Morgan fingerprint density at radius 2 is 2.36 bits per heavy atom. The monoisotopic (exact) mass is 157 g/mol. The van der Waals surface area contributed by atoms with Gasteiger partial charge in [-0.05, 0) is 25.3 Å². The molecule has 0 aromatic heterocycles. The molecule has 0 aliphatic carbocycles. The molecule has 0 aromatic rings. The van der Waals surface area contributed by atoms with E-state index in [0.717, 1.165) is 6.61 Å². The number of rotatable bonds is 3. The van der Waals surface area contributed by atoms with Gasteiger partial charge in [0.15, 0.2) is 0 Å². The van der Waals surface area contributed by atoms with Crippen LogP contribution in [0.25, 0.3) is 0 Å². The zero-order chi connectivity index (χ0) is 8.10. The van der Waals surface area contributed by atoms with Crippen LogP contribution in [-0.4, -0.2) is 26.3 Å². The van der Waals surface area contributed by atoms with Gasteiger partial charge in [-0.2, -0.15) is 0 Å². The van der Waals surface area contributed by atoms with E-state index in [1.807, 2.05) is 0 Å². The van der Waals surface area contributed by atoms with Crippen molar-refractivity contribution in [3.63, 3.8) is 0 Å². The van der Waals surface area contributed by atoms with Gasteiger partial charge in [0.25, 0.3) is 0 Å². The van der Waals surface area contributed by atoms with Gasteiger partial charge in [-0.3, -0.25) is 0 Å². The van der Waals surface area contributed by atoms with E-state index in [0.29, 0.717) is 12.0 Å². The second-order valence-electron chi connectivity index (χ2n) is 3.49. The molecule has 1 aliphatic rings. The standard InChI is InChI=1S/C9H19NO/c1-8(7-11-2)9-5-3-4-6-10-9/h8-10H,3-7H2,1-2H3. The fraction of sp³-hybridized carbons (Fsp3) is 1.00. The SMILES string of the molecule is COCC(C)C1CCCCN1. The van der Waals surface area contributed by atoms with E-state index in [-0.39, 0.29) is 0 Å². The van der Waals surface area contributed by atoms with Crippen LogP contribution in [0.3, 0.4) is 0 Å². The third kappa shape index (κ3) is 2.80.